The number of para-hydroxylation sites is 1. The maximum absolute atomic E-state index is 6.01. The molecule has 1 unspecified atom stereocenters. The van der Waals surface area contributed by atoms with E-state index in [1.807, 2.05) is 0 Å². The molecular weight excluding hydrogens is 344 g/mol. The number of epoxide rings is 1. The Hall–Kier alpha value is -1.02. The van der Waals surface area contributed by atoms with Crippen molar-refractivity contribution >= 4 is 0 Å². The van der Waals surface area contributed by atoms with E-state index in [2.05, 4.69) is 38.1 Å². The Balaban J connectivity index is 1.41. The third kappa shape index (κ3) is 10.5. The number of unbranched alkanes of at least 4 members (excludes halogenated alkanes) is 13. The van der Waals surface area contributed by atoms with E-state index in [9.17, 15) is 0 Å². The Kier molecular flexibility index (Phi) is 11.7. The van der Waals surface area contributed by atoms with E-state index < -0.39 is 0 Å². The second-order valence-electron chi connectivity index (χ2n) is 8.98. The Morgan fingerprint density at radius 1 is 0.786 bits per heavy atom. The summed E-state index contributed by atoms with van der Waals surface area (Å²) in [5.74, 6) is 1.05. The molecule has 2 nitrogen and oxygen atoms in total. The van der Waals surface area contributed by atoms with E-state index in [0.717, 1.165) is 18.8 Å². The highest BCUT2D eigenvalue weighted by molar-refractivity contribution is 5.33. The molecule has 1 aromatic rings. The fraction of sp³-hybridized carbons (Fsp3) is 0.769. The zero-order valence-electron chi connectivity index (χ0n) is 18.6. The topological polar surface area (TPSA) is 21.8 Å². The molecule has 1 fully saturated rings. The molecule has 1 atom stereocenters. The van der Waals surface area contributed by atoms with Crippen LogP contribution >= 0.6 is 0 Å². The average Bonchev–Trinajstić information content (AvgIpc) is 3.45. The molecule has 0 N–H and O–H groups in total. The van der Waals surface area contributed by atoms with Gasteiger partial charge in [-0.25, -0.2) is 0 Å². The molecule has 0 bridgehead atoms. The lowest BCUT2D eigenvalue weighted by Crippen LogP contribution is -2.17. The zero-order valence-corrected chi connectivity index (χ0v) is 18.6. The van der Waals surface area contributed by atoms with Gasteiger partial charge in [0.2, 0.25) is 0 Å². The predicted molar refractivity (Wildman–Crippen MR) is 120 cm³/mol. The minimum Gasteiger partial charge on any atom is -0.490 e. The maximum Gasteiger partial charge on any atom is 0.123 e. The summed E-state index contributed by atoms with van der Waals surface area (Å²) in [7, 11) is 0. The van der Waals surface area contributed by atoms with Crippen LogP contribution in [0.25, 0.3) is 0 Å². The van der Waals surface area contributed by atoms with E-state index in [1.165, 1.54) is 95.5 Å². The number of benzene rings is 1. The van der Waals surface area contributed by atoms with Crippen molar-refractivity contribution in [3.63, 3.8) is 0 Å². The van der Waals surface area contributed by atoms with Crippen molar-refractivity contribution in [2.24, 2.45) is 0 Å². The molecule has 1 heterocycles. The van der Waals surface area contributed by atoms with E-state index in [0.29, 0.717) is 6.61 Å². The normalized spacial score (nSPS) is 18.4. The number of hydrogen-bond donors (Lipinski definition) is 0. The number of aryl methyl sites for hydroxylation is 1. The molecular formula is C26H44O2. The summed E-state index contributed by atoms with van der Waals surface area (Å²) < 4.78 is 11.4. The van der Waals surface area contributed by atoms with Crippen LogP contribution < -0.4 is 4.74 Å². The lowest BCUT2D eigenvalue weighted by atomic mass is 10.0. The molecule has 1 aliphatic rings. The molecule has 0 spiro atoms. The molecule has 2 heteroatoms. The fourth-order valence-electron chi connectivity index (χ4n) is 3.80. The van der Waals surface area contributed by atoms with Crippen LogP contribution in [0.1, 0.15) is 109 Å². The Bertz CT molecular complexity index is 507. The van der Waals surface area contributed by atoms with Crippen molar-refractivity contribution < 1.29 is 9.47 Å². The van der Waals surface area contributed by atoms with Gasteiger partial charge in [0.15, 0.2) is 0 Å². The van der Waals surface area contributed by atoms with Gasteiger partial charge in [0.1, 0.15) is 18.0 Å². The van der Waals surface area contributed by atoms with Crippen molar-refractivity contribution in [2.45, 2.75) is 116 Å². The molecule has 1 aliphatic heterocycles. The van der Waals surface area contributed by atoms with Crippen LogP contribution in [0.4, 0.5) is 0 Å². The summed E-state index contributed by atoms with van der Waals surface area (Å²) in [5, 5.41) is 0. The van der Waals surface area contributed by atoms with Crippen molar-refractivity contribution in [1.82, 2.24) is 0 Å². The summed E-state index contributed by atoms with van der Waals surface area (Å²) in [4.78, 5) is 0. The van der Waals surface area contributed by atoms with E-state index in [1.54, 1.807) is 0 Å². The van der Waals surface area contributed by atoms with Crippen molar-refractivity contribution in [2.75, 3.05) is 13.2 Å². The third-order valence-electron chi connectivity index (χ3n) is 5.94. The van der Waals surface area contributed by atoms with Gasteiger partial charge in [-0.15, -0.1) is 0 Å². The molecule has 1 saturated heterocycles. The zero-order chi connectivity index (χ0) is 19.9. The smallest absolute Gasteiger partial charge is 0.123 e. The second-order valence-corrected chi connectivity index (χ2v) is 8.98. The minimum absolute atomic E-state index is 0.0395. The quantitative estimate of drug-likeness (QED) is 0.188. The minimum atomic E-state index is -0.0395. The Morgan fingerprint density at radius 3 is 1.82 bits per heavy atom. The standard InChI is InChI=1S/C26H44O2/c1-3-4-5-6-7-8-9-10-11-12-13-14-15-16-19-24-20-17-18-21-25(24)27-22-26(2)23-28-26/h17-18,20-21H,3-16,19,22-23H2,1-2H3. The van der Waals surface area contributed by atoms with Crippen LogP contribution in [0.3, 0.4) is 0 Å². The number of ether oxygens (including phenoxy) is 2. The summed E-state index contributed by atoms with van der Waals surface area (Å²) >= 11 is 0. The predicted octanol–water partition coefficient (Wildman–Crippen LogP) is 7.88. The Labute approximate surface area is 174 Å². The highest BCUT2D eigenvalue weighted by Gasteiger charge is 2.40. The highest BCUT2D eigenvalue weighted by Crippen LogP contribution is 2.28. The first-order chi connectivity index (χ1) is 13.7. The maximum atomic E-state index is 6.01. The molecule has 1 aromatic carbocycles. The number of hydrogen-bond acceptors (Lipinski definition) is 2. The lowest BCUT2D eigenvalue weighted by molar-refractivity contribution is 0.201. The van der Waals surface area contributed by atoms with Gasteiger partial charge in [0.05, 0.1) is 6.61 Å². The fourth-order valence-corrected chi connectivity index (χ4v) is 3.80. The third-order valence-corrected chi connectivity index (χ3v) is 5.94. The molecule has 0 aliphatic carbocycles. The van der Waals surface area contributed by atoms with Gasteiger partial charge in [-0.05, 0) is 31.4 Å². The van der Waals surface area contributed by atoms with Gasteiger partial charge in [-0.3, -0.25) is 0 Å². The summed E-state index contributed by atoms with van der Waals surface area (Å²) in [6.45, 7) is 5.90. The molecule has 0 radical (unpaired) electrons. The van der Waals surface area contributed by atoms with Crippen molar-refractivity contribution in [3.8, 4) is 5.75 Å². The van der Waals surface area contributed by atoms with Crippen LogP contribution in [-0.2, 0) is 11.2 Å². The van der Waals surface area contributed by atoms with Gasteiger partial charge >= 0.3 is 0 Å². The van der Waals surface area contributed by atoms with Crippen LogP contribution in [0.5, 0.6) is 5.75 Å². The van der Waals surface area contributed by atoms with Crippen LogP contribution in [0, 0.1) is 0 Å². The highest BCUT2D eigenvalue weighted by atomic mass is 16.6. The SMILES string of the molecule is CCCCCCCCCCCCCCCCc1ccccc1OCC1(C)CO1. The van der Waals surface area contributed by atoms with Crippen molar-refractivity contribution in [3.05, 3.63) is 29.8 Å². The average molecular weight is 389 g/mol. The van der Waals surface area contributed by atoms with Gasteiger partial charge in [0, 0.05) is 0 Å². The van der Waals surface area contributed by atoms with E-state index >= 15 is 0 Å². The first kappa shape index (κ1) is 23.3. The first-order valence-electron chi connectivity index (χ1n) is 12.1. The van der Waals surface area contributed by atoms with Crippen LogP contribution in [0.2, 0.25) is 0 Å². The monoisotopic (exact) mass is 388 g/mol. The summed E-state index contributed by atoms with van der Waals surface area (Å²) in [6.07, 6.45) is 20.9. The lowest BCUT2D eigenvalue weighted by Gasteiger charge is -2.13. The molecule has 0 saturated carbocycles. The van der Waals surface area contributed by atoms with Gasteiger partial charge < -0.3 is 9.47 Å². The molecule has 2 rings (SSSR count). The number of rotatable bonds is 18. The van der Waals surface area contributed by atoms with Gasteiger partial charge in [0.25, 0.3) is 0 Å². The Morgan fingerprint density at radius 2 is 1.29 bits per heavy atom. The van der Waals surface area contributed by atoms with Gasteiger partial charge in [-0.1, -0.05) is 109 Å². The van der Waals surface area contributed by atoms with E-state index in [-0.39, 0.29) is 5.60 Å². The summed E-state index contributed by atoms with van der Waals surface area (Å²) in [6, 6.07) is 8.51. The molecule has 28 heavy (non-hydrogen) atoms. The van der Waals surface area contributed by atoms with Crippen LogP contribution in [0.15, 0.2) is 24.3 Å². The van der Waals surface area contributed by atoms with Crippen molar-refractivity contribution in [1.29, 1.82) is 0 Å². The molecule has 0 amide bonds. The van der Waals surface area contributed by atoms with Crippen LogP contribution in [-0.4, -0.2) is 18.8 Å². The van der Waals surface area contributed by atoms with E-state index in [4.69, 9.17) is 9.47 Å². The molecule has 0 aromatic heterocycles. The second kappa shape index (κ2) is 14.0. The summed E-state index contributed by atoms with van der Waals surface area (Å²) in [5.41, 5.74) is 1.31. The van der Waals surface area contributed by atoms with Gasteiger partial charge in [-0.2, -0.15) is 0 Å². The molecule has 160 valence electrons. The first-order valence-corrected chi connectivity index (χ1v) is 12.1. The largest absolute Gasteiger partial charge is 0.490 e.